The zero-order valence-electron chi connectivity index (χ0n) is 13.3. The SMILES string of the molecule is Cc1cc(C)c(C)c(OCc2nnc(-c3ccccc3Cl)o2)c1. The van der Waals surface area contributed by atoms with Gasteiger partial charge < -0.3 is 9.15 Å². The first kappa shape index (κ1) is 15.6. The minimum Gasteiger partial charge on any atom is -0.484 e. The Kier molecular flexibility index (Phi) is 4.35. The fourth-order valence-electron chi connectivity index (χ4n) is 2.35. The molecule has 2 aromatic carbocycles. The highest BCUT2D eigenvalue weighted by Crippen LogP contribution is 2.27. The first-order chi connectivity index (χ1) is 11.0. The van der Waals surface area contributed by atoms with E-state index in [0.717, 1.165) is 22.4 Å². The number of rotatable bonds is 4. The highest BCUT2D eigenvalue weighted by molar-refractivity contribution is 6.33. The van der Waals surface area contributed by atoms with Gasteiger partial charge in [-0.15, -0.1) is 10.2 Å². The van der Waals surface area contributed by atoms with E-state index in [0.29, 0.717) is 16.8 Å². The molecule has 0 saturated carbocycles. The molecule has 3 rings (SSSR count). The molecular weight excluding hydrogens is 312 g/mol. The number of ether oxygens (including phenoxy) is 1. The third-order valence-corrected chi connectivity index (χ3v) is 4.02. The fraction of sp³-hybridized carbons (Fsp3) is 0.222. The molecule has 0 fully saturated rings. The van der Waals surface area contributed by atoms with Crippen LogP contribution in [0.5, 0.6) is 5.75 Å². The second-order valence-corrected chi connectivity index (χ2v) is 5.88. The van der Waals surface area contributed by atoms with Crippen molar-refractivity contribution in [2.24, 2.45) is 0 Å². The summed E-state index contributed by atoms with van der Waals surface area (Å²) < 4.78 is 11.5. The molecule has 4 nitrogen and oxygen atoms in total. The van der Waals surface area contributed by atoms with E-state index in [9.17, 15) is 0 Å². The van der Waals surface area contributed by atoms with E-state index in [1.807, 2.05) is 38.1 Å². The summed E-state index contributed by atoms with van der Waals surface area (Å²) in [5, 5.41) is 8.64. The summed E-state index contributed by atoms with van der Waals surface area (Å²) in [6.07, 6.45) is 0. The van der Waals surface area contributed by atoms with Crippen LogP contribution >= 0.6 is 11.6 Å². The van der Waals surface area contributed by atoms with E-state index in [-0.39, 0.29) is 6.61 Å². The number of halogens is 1. The Morgan fingerprint density at radius 3 is 2.65 bits per heavy atom. The van der Waals surface area contributed by atoms with Gasteiger partial charge in [0.25, 0.3) is 5.89 Å². The molecule has 0 aliphatic heterocycles. The zero-order chi connectivity index (χ0) is 16.4. The van der Waals surface area contributed by atoms with Crippen molar-refractivity contribution >= 4 is 11.6 Å². The van der Waals surface area contributed by atoms with Crippen LogP contribution in [-0.4, -0.2) is 10.2 Å². The van der Waals surface area contributed by atoms with E-state index in [1.165, 1.54) is 5.56 Å². The number of benzene rings is 2. The fourth-order valence-corrected chi connectivity index (χ4v) is 2.56. The van der Waals surface area contributed by atoms with E-state index in [1.54, 1.807) is 6.07 Å². The van der Waals surface area contributed by atoms with Crippen LogP contribution in [-0.2, 0) is 6.61 Å². The molecule has 0 N–H and O–H groups in total. The summed E-state index contributed by atoms with van der Waals surface area (Å²) >= 11 is 6.14. The molecular formula is C18H17ClN2O2. The topological polar surface area (TPSA) is 48.2 Å². The maximum absolute atomic E-state index is 6.14. The van der Waals surface area contributed by atoms with Crippen molar-refractivity contribution in [1.29, 1.82) is 0 Å². The third kappa shape index (κ3) is 3.37. The van der Waals surface area contributed by atoms with Crippen LogP contribution in [0.3, 0.4) is 0 Å². The largest absolute Gasteiger partial charge is 0.484 e. The van der Waals surface area contributed by atoms with Crippen molar-refractivity contribution in [3.05, 3.63) is 64.0 Å². The predicted molar refractivity (Wildman–Crippen MR) is 89.7 cm³/mol. The predicted octanol–water partition coefficient (Wildman–Crippen LogP) is 4.89. The molecule has 1 aromatic heterocycles. The van der Waals surface area contributed by atoms with Crippen molar-refractivity contribution in [2.45, 2.75) is 27.4 Å². The number of nitrogens with zero attached hydrogens (tertiary/aromatic N) is 2. The minimum atomic E-state index is 0.223. The Balaban J connectivity index is 1.77. The Morgan fingerprint density at radius 2 is 1.87 bits per heavy atom. The molecule has 118 valence electrons. The van der Waals surface area contributed by atoms with Gasteiger partial charge in [0, 0.05) is 0 Å². The molecule has 0 bridgehead atoms. The average Bonchev–Trinajstić information content (AvgIpc) is 2.98. The second kappa shape index (κ2) is 6.42. The average molecular weight is 329 g/mol. The molecule has 0 radical (unpaired) electrons. The molecule has 23 heavy (non-hydrogen) atoms. The molecule has 3 aromatic rings. The van der Waals surface area contributed by atoms with Crippen molar-refractivity contribution in [3.63, 3.8) is 0 Å². The Hall–Kier alpha value is -2.33. The summed E-state index contributed by atoms with van der Waals surface area (Å²) in [4.78, 5) is 0. The maximum atomic E-state index is 6.14. The summed E-state index contributed by atoms with van der Waals surface area (Å²) in [5.41, 5.74) is 4.18. The molecule has 0 spiro atoms. The van der Waals surface area contributed by atoms with Gasteiger partial charge in [-0.3, -0.25) is 0 Å². The van der Waals surface area contributed by atoms with Gasteiger partial charge in [0.1, 0.15) is 5.75 Å². The van der Waals surface area contributed by atoms with E-state index >= 15 is 0 Å². The Bertz CT molecular complexity index is 843. The van der Waals surface area contributed by atoms with Crippen molar-refractivity contribution < 1.29 is 9.15 Å². The van der Waals surface area contributed by atoms with Crippen molar-refractivity contribution in [2.75, 3.05) is 0 Å². The zero-order valence-corrected chi connectivity index (χ0v) is 14.0. The standard InChI is InChI=1S/C18H17ClN2O2/c1-11-8-12(2)13(3)16(9-11)22-10-17-20-21-18(23-17)14-6-4-5-7-15(14)19/h4-9H,10H2,1-3H3. The Morgan fingerprint density at radius 1 is 1.09 bits per heavy atom. The van der Waals surface area contributed by atoms with Crippen LogP contribution in [0.2, 0.25) is 5.02 Å². The van der Waals surface area contributed by atoms with Crippen LogP contribution in [0.25, 0.3) is 11.5 Å². The van der Waals surface area contributed by atoms with Crippen LogP contribution in [0.1, 0.15) is 22.6 Å². The van der Waals surface area contributed by atoms with Gasteiger partial charge in [-0.05, 0) is 55.7 Å². The lowest BCUT2D eigenvalue weighted by Gasteiger charge is -2.10. The molecule has 1 heterocycles. The number of aryl methyl sites for hydroxylation is 2. The lowest BCUT2D eigenvalue weighted by atomic mass is 10.1. The second-order valence-electron chi connectivity index (χ2n) is 5.47. The van der Waals surface area contributed by atoms with Crippen LogP contribution < -0.4 is 4.74 Å². The summed E-state index contributed by atoms with van der Waals surface area (Å²) in [5.74, 6) is 1.64. The van der Waals surface area contributed by atoms with Gasteiger partial charge in [-0.1, -0.05) is 29.8 Å². The smallest absolute Gasteiger partial charge is 0.254 e. The van der Waals surface area contributed by atoms with Gasteiger partial charge >= 0.3 is 0 Å². The van der Waals surface area contributed by atoms with Gasteiger partial charge in [0.15, 0.2) is 6.61 Å². The van der Waals surface area contributed by atoms with Crippen LogP contribution in [0.15, 0.2) is 40.8 Å². The minimum absolute atomic E-state index is 0.223. The quantitative estimate of drug-likeness (QED) is 0.683. The number of hydrogen-bond donors (Lipinski definition) is 0. The van der Waals surface area contributed by atoms with E-state index in [2.05, 4.69) is 23.2 Å². The molecule has 0 aliphatic rings. The maximum Gasteiger partial charge on any atom is 0.254 e. The highest BCUT2D eigenvalue weighted by Gasteiger charge is 2.12. The number of aromatic nitrogens is 2. The third-order valence-electron chi connectivity index (χ3n) is 3.69. The van der Waals surface area contributed by atoms with Crippen LogP contribution in [0, 0.1) is 20.8 Å². The summed E-state index contributed by atoms with van der Waals surface area (Å²) in [6, 6.07) is 11.5. The number of hydrogen-bond acceptors (Lipinski definition) is 4. The first-order valence-corrected chi connectivity index (χ1v) is 7.70. The van der Waals surface area contributed by atoms with E-state index < -0.39 is 0 Å². The molecule has 0 amide bonds. The van der Waals surface area contributed by atoms with E-state index in [4.69, 9.17) is 20.8 Å². The molecule has 0 unspecified atom stereocenters. The van der Waals surface area contributed by atoms with Gasteiger partial charge in [0.05, 0.1) is 10.6 Å². The first-order valence-electron chi connectivity index (χ1n) is 7.32. The van der Waals surface area contributed by atoms with Crippen molar-refractivity contribution in [3.8, 4) is 17.2 Å². The normalized spacial score (nSPS) is 10.8. The molecule has 5 heteroatoms. The van der Waals surface area contributed by atoms with Crippen LogP contribution in [0.4, 0.5) is 0 Å². The molecule has 0 aliphatic carbocycles. The lowest BCUT2D eigenvalue weighted by molar-refractivity contribution is 0.262. The van der Waals surface area contributed by atoms with Gasteiger partial charge in [-0.2, -0.15) is 0 Å². The Labute approximate surface area is 140 Å². The van der Waals surface area contributed by atoms with Crippen molar-refractivity contribution in [1.82, 2.24) is 10.2 Å². The molecule has 0 saturated heterocycles. The summed E-state index contributed by atoms with van der Waals surface area (Å²) in [7, 11) is 0. The summed E-state index contributed by atoms with van der Waals surface area (Å²) in [6.45, 7) is 6.37. The molecule has 0 atom stereocenters. The highest BCUT2D eigenvalue weighted by atomic mass is 35.5. The monoisotopic (exact) mass is 328 g/mol. The van der Waals surface area contributed by atoms with Gasteiger partial charge in [-0.25, -0.2) is 0 Å². The lowest BCUT2D eigenvalue weighted by Crippen LogP contribution is -1.99. The van der Waals surface area contributed by atoms with Gasteiger partial charge in [0.2, 0.25) is 5.89 Å².